The zero-order valence-corrected chi connectivity index (χ0v) is 13.2. The maximum absolute atomic E-state index is 11.7. The minimum absolute atomic E-state index is 0.128. The molecule has 0 saturated carbocycles. The maximum Gasteiger partial charge on any atom is 0.251 e. The van der Waals surface area contributed by atoms with Gasteiger partial charge < -0.3 is 10.6 Å². The average molecular weight is 315 g/mol. The molecule has 0 atom stereocenters. The van der Waals surface area contributed by atoms with E-state index in [1.807, 2.05) is 24.4 Å². The second-order valence-corrected chi connectivity index (χ2v) is 5.68. The molecule has 1 aromatic heterocycles. The summed E-state index contributed by atoms with van der Waals surface area (Å²) >= 11 is 1.55. The van der Waals surface area contributed by atoms with Crippen molar-refractivity contribution in [2.45, 2.75) is 13.5 Å². The largest absolute Gasteiger partial charge is 0.355 e. The molecule has 0 radical (unpaired) electrons. The van der Waals surface area contributed by atoms with Crippen LogP contribution in [0.4, 0.5) is 0 Å². The number of amides is 2. The van der Waals surface area contributed by atoms with E-state index in [9.17, 15) is 9.59 Å². The van der Waals surface area contributed by atoms with Crippen LogP contribution in [0.15, 0.2) is 35.7 Å². The van der Waals surface area contributed by atoms with Crippen molar-refractivity contribution in [1.82, 2.24) is 15.6 Å². The van der Waals surface area contributed by atoms with E-state index in [1.54, 1.807) is 36.6 Å². The number of nitrogens with zero attached hydrogens (tertiary/aromatic N) is 1. The van der Waals surface area contributed by atoms with Crippen LogP contribution in [-0.2, 0) is 11.3 Å². The monoisotopic (exact) mass is 315 g/mol. The lowest BCUT2D eigenvalue weighted by Gasteiger charge is -2.04. The summed E-state index contributed by atoms with van der Waals surface area (Å²) in [6.07, 6.45) is 3.15. The Hall–Kier alpha value is -2.47. The fourth-order valence-corrected chi connectivity index (χ4v) is 2.36. The van der Waals surface area contributed by atoms with Crippen molar-refractivity contribution >= 4 is 29.2 Å². The molecule has 0 aliphatic carbocycles. The summed E-state index contributed by atoms with van der Waals surface area (Å²) in [5.41, 5.74) is 2.31. The predicted octanol–water partition coefficient (Wildman–Crippen LogP) is 2.14. The van der Waals surface area contributed by atoms with Gasteiger partial charge in [-0.25, -0.2) is 4.98 Å². The molecule has 1 aromatic carbocycles. The second-order valence-electron chi connectivity index (χ2n) is 4.62. The quantitative estimate of drug-likeness (QED) is 0.831. The molecular formula is C16H17N3O2S. The minimum atomic E-state index is -0.180. The summed E-state index contributed by atoms with van der Waals surface area (Å²) in [7, 11) is 1.59. The van der Waals surface area contributed by atoms with Crippen molar-refractivity contribution in [1.29, 1.82) is 0 Å². The molecule has 1 heterocycles. The van der Waals surface area contributed by atoms with Gasteiger partial charge in [-0.05, 0) is 30.7 Å². The second kappa shape index (κ2) is 7.51. The molecule has 0 fully saturated rings. The number of aryl methyl sites for hydroxylation is 1. The Morgan fingerprint density at radius 2 is 2.00 bits per heavy atom. The number of aromatic nitrogens is 1. The maximum atomic E-state index is 11.7. The summed E-state index contributed by atoms with van der Waals surface area (Å²) < 4.78 is 0. The molecule has 2 amide bonds. The van der Waals surface area contributed by atoms with Crippen LogP contribution in [-0.4, -0.2) is 23.8 Å². The van der Waals surface area contributed by atoms with Gasteiger partial charge >= 0.3 is 0 Å². The molecule has 114 valence electrons. The lowest BCUT2D eigenvalue weighted by Crippen LogP contribution is -2.20. The molecule has 6 heteroatoms. The third-order valence-corrected chi connectivity index (χ3v) is 3.74. The van der Waals surface area contributed by atoms with Crippen molar-refractivity contribution in [3.8, 4) is 0 Å². The SMILES string of the molecule is CNC(=O)c1ccc(CNC(=O)/C=C/c2csc(C)n2)cc1. The highest BCUT2D eigenvalue weighted by Crippen LogP contribution is 2.09. The van der Waals surface area contributed by atoms with E-state index in [1.165, 1.54) is 6.08 Å². The summed E-state index contributed by atoms with van der Waals surface area (Å²) in [6.45, 7) is 2.33. The van der Waals surface area contributed by atoms with Gasteiger partial charge in [0.1, 0.15) is 0 Å². The van der Waals surface area contributed by atoms with Gasteiger partial charge in [-0.1, -0.05) is 12.1 Å². The van der Waals surface area contributed by atoms with Crippen molar-refractivity contribution in [2.24, 2.45) is 0 Å². The molecule has 2 N–H and O–H groups in total. The first kappa shape index (κ1) is 15.9. The van der Waals surface area contributed by atoms with Crippen LogP contribution >= 0.6 is 11.3 Å². The number of benzene rings is 1. The van der Waals surface area contributed by atoms with Crippen LogP contribution in [0.1, 0.15) is 26.6 Å². The Labute approximate surface area is 133 Å². The first-order valence-corrected chi connectivity index (χ1v) is 7.65. The Kier molecular flexibility index (Phi) is 5.43. The molecule has 0 aliphatic rings. The average Bonchev–Trinajstić information content (AvgIpc) is 2.96. The number of thiazole rings is 1. The van der Waals surface area contributed by atoms with Crippen LogP contribution in [0, 0.1) is 6.92 Å². The van der Waals surface area contributed by atoms with E-state index < -0.39 is 0 Å². The van der Waals surface area contributed by atoms with Gasteiger partial charge in [-0.2, -0.15) is 0 Å². The van der Waals surface area contributed by atoms with E-state index in [-0.39, 0.29) is 11.8 Å². The normalized spacial score (nSPS) is 10.6. The smallest absolute Gasteiger partial charge is 0.251 e. The zero-order chi connectivity index (χ0) is 15.9. The van der Waals surface area contributed by atoms with Gasteiger partial charge in [0.15, 0.2) is 0 Å². The number of carbonyl (C=O) groups is 2. The number of nitrogens with one attached hydrogen (secondary N) is 2. The molecular weight excluding hydrogens is 298 g/mol. The third kappa shape index (κ3) is 4.53. The Bertz CT molecular complexity index is 690. The van der Waals surface area contributed by atoms with E-state index in [2.05, 4.69) is 15.6 Å². The summed E-state index contributed by atoms with van der Waals surface area (Å²) in [5.74, 6) is -0.307. The summed E-state index contributed by atoms with van der Waals surface area (Å²) in [6, 6.07) is 7.10. The molecule has 0 aliphatic heterocycles. The van der Waals surface area contributed by atoms with Crippen molar-refractivity contribution < 1.29 is 9.59 Å². The number of hydrogen-bond donors (Lipinski definition) is 2. The topological polar surface area (TPSA) is 71.1 Å². The number of carbonyl (C=O) groups excluding carboxylic acids is 2. The van der Waals surface area contributed by atoms with Crippen molar-refractivity contribution in [3.63, 3.8) is 0 Å². The Balaban J connectivity index is 1.85. The zero-order valence-electron chi connectivity index (χ0n) is 12.4. The van der Waals surface area contributed by atoms with Gasteiger partial charge in [0, 0.05) is 30.6 Å². The fraction of sp³-hybridized carbons (Fsp3) is 0.188. The lowest BCUT2D eigenvalue weighted by molar-refractivity contribution is -0.116. The molecule has 0 spiro atoms. The van der Waals surface area contributed by atoms with Crippen molar-refractivity contribution in [2.75, 3.05) is 7.05 Å². The van der Waals surface area contributed by atoms with E-state index in [0.29, 0.717) is 12.1 Å². The van der Waals surface area contributed by atoms with Crippen LogP contribution in [0.5, 0.6) is 0 Å². The molecule has 0 saturated heterocycles. The summed E-state index contributed by atoms with van der Waals surface area (Å²) in [4.78, 5) is 27.4. The Morgan fingerprint density at radius 1 is 1.27 bits per heavy atom. The molecule has 2 aromatic rings. The van der Waals surface area contributed by atoms with Crippen LogP contribution < -0.4 is 10.6 Å². The van der Waals surface area contributed by atoms with Gasteiger partial charge in [-0.15, -0.1) is 11.3 Å². The highest BCUT2D eigenvalue weighted by molar-refractivity contribution is 7.09. The van der Waals surface area contributed by atoms with Gasteiger partial charge in [0.05, 0.1) is 10.7 Å². The number of rotatable bonds is 5. The first-order valence-electron chi connectivity index (χ1n) is 6.77. The first-order chi connectivity index (χ1) is 10.6. The van der Waals surface area contributed by atoms with Crippen LogP contribution in [0.3, 0.4) is 0 Å². The van der Waals surface area contributed by atoms with Gasteiger partial charge in [0.2, 0.25) is 5.91 Å². The highest BCUT2D eigenvalue weighted by Gasteiger charge is 2.03. The fourth-order valence-electron chi connectivity index (χ4n) is 1.78. The van der Waals surface area contributed by atoms with Crippen LogP contribution in [0.2, 0.25) is 0 Å². The van der Waals surface area contributed by atoms with Gasteiger partial charge in [-0.3, -0.25) is 9.59 Å². The van der Waals surface area contributed by atoms with Crippen molar-refractivity contribution in [3.05, 3.63) is 57.6 Å². The summed E-state index contributed by atoms with van der Waals surface area (Å²) in [5, 5.41) is 8.22. The third-order valence-electron chi connectivity index (χ3n) is 2.95. The molecule has 5 nitrogen and oxygen atoms in total. The van der Waals surface area contributed by atoms with E-state index in [0.717, 1.165) is 16.3 Å². The Morgan fingerprint density at radius 3 is 2.59 bits per heavy atom. The molecule has 0 bridgehead atoms. The molecule has 2 rings (SSSR count). The predicted molar refractivity (Wildman–Crippen MR) is 87.6 cm³/mol. The highest BCUT2D eigenvalue weighted by atomic mass is 32.1. The van der Waals surface area contributed by atoms with E-state index >= 15 is 0 Å². The van der Waals surface area contributed by atoms with Gasteiger partial charge in [0.25, 0.3) is 5.91 Å². The number of hydrogen-bond acceptors (Lipinski definition) is 4. The molecule has 0 unspecified atom stereocenters. The van der Waals surface area contributed by atoms with Crippen LogP contribution in [0.25, 0.3) is 6.08 Å². The lowest BCUT2D eigenvalue weighted by atomic mass is 10.1. The standard InChI is InChI=1S/C16H17N3O2S/c1-11-19-14(10-22-11)7-8-15(20)18-9-12-3-5-13(6-4-12)16(21)17-2/h3-8,10H,9H2,1-2H3,(H,17,21)(H,18,20)/b8-7+. The molecule has 22 heavy (non-hydrogen) atoms. The minimum Gasteiger partial charge on any atom is -0.355 e. The van der Waals surface area contributed by atoms with E-state index in [4.69, 9.17) is 0 Å².